The van der Waals surface area contributed by atoms with Crippen molar-refractivity contribution in [2.24, 2.45) is 0 Å². The van der Waals surface area contributed by atoms with Gasteiger partial charge < -0.3 is 4.90 Å². The fourth-order valence-corrected chi connectivity index (χ4v) is 2.30. The normalized spacial score (nSPS) is 16.8. The first-order chi connectivity index (χ1) is 9.28. The van der Waals surface area contributed by atoms with Crippen molar-refractivity contribution < 1.29 is 9.18 Å². The number of carbonyl (C=O) groups excluding carboxylic acids is 1. The first-order valence-electron chi connectivity index (χ1n) is 6.24. The molecule has 2 aromatic heterocycles. The van der Waals surface area contributed by atoms with Crippen LogP contribution in [0.4, 0.5) is 10.2 Å². The maximum absolute atomic E-state index is 13.2. The van der Waals surface area contributed by atoms with Gasteiger partial charge in [0.2, 0.25) is 0 Å². The maximum atomic E-state index is 13.2. The lowest BCUT2D eigenvalue weighted by molar-refractivity contribution is 0.111. The summed E-state index contributed by atoms with van der Waals surface area (Å²) in [6.07, 6.45) is 2.44. The molecule has 1 aliphatic heterocycles. The summed E-state index contributed by atoms with van der Waals surface area (Å²) in [7, 11) is 0. The second-order valence-electron chi connectivity index (χ2n) is 4.58. The number of alkyl halides is 1. The number of hydrogen-bond donors (Lipinski definition) is 0. The summed E-state index contributed by atoms with van der Waals surface area (Å²) >= 11 is 0. The standard InChI is InChI=1S/C13H13FN4O/c14-9-3-5-18(6-4-9)13-12-11(15-8-16-13)2-1-10(7-19)17-12/h1-2,7-9H,3-6H2. The van der Waals surface area contributed by atoms with E-state index in [4.69, 9.17) is 0 Å². The van der Waals surface area contributed by atoms with Crippen LogP contribution in [0.2, 0.25) is 0 Å². The molecule has 0 atom stereocenters. The molecule has 0 aromatic carbocycles. The van der Waals surface area contributed by atoms with Crippen LogP contribution in [0.15, 0.2) is 18.5 Å². The molecule has 1 fully saturated rings. The molecule has 0 unspecified atom stereocenters. The van der Waals surface area contributed by atoms with Crippen LogP contribution in [-0.4, -0.2) is 40.5 Å². The third-order valence-corrected chi connectivity index (χ3v) is 3.33. The second-order valence-corrected chi connectivity index (χ2v) is 4.58. The number of carbonyl (C=O) groups is 1. The van der Waals surface area contributed by atoms with Crippen LogP contribution >= 0.6 is 0 Å². The smallest absolute Gasteiger partial charge is 0.168 e. The highest BCUT2D eigenvalue weighted by Crippen LogP contribution is 2.25. The molecule has 0 saturated carbocycles. The molecule has 98 valence electrons. The Kier molecular flexibility index (Phi) is 3.06. The van der Waals surface area contributed by atoms with Gasteiger partial charge in [-0.3, -0.25) is 4.79 Å². The quantitative estimate of drug-likeness (QED) is 0.770. The number of aldehydes is 1. The van der Waals surface area contributed by atoms with E-state index in [-0.39, 0.29) is 0 Å². The van der Waals surface area contributed by atoms with E-state index in [1.165, 1.54) is 6.33 Å². The number of pyridine rings is 1. The zero-order valence-corrected chi connectivity index (χ0v) is 10.3. The summed E-state index contributed by atoms with van der Waals surface area (Å²) in [6, 6.07) is 3.37. The second kappa shape index (κ2) is 4.87. The Morgan fingerprint density at radius 2 is 2.05 bits per heavy atom. The third-order valence-electron chi connectivity index (χ3n) is 3.33. The number of piperidine rings is 1. The van der Waals surface area contributed by atoms with Gasteiger partial charge in [-0.1, -0.05) is 0 Å². The molecule has 0 aliphatic carbocycles. The monoisotopic (exact) mass is 260 g/mol. The van der Waals surface area contributed by atoms with E-state index < -0.39 is 6.17 Å². The van der Waals surface area contributed by atoms with Crippen LogP contribution in [0.3, 0.4) is 0 Å². The molecule has 0 amide bonds. The number of aromatic nitrogens is 3. The third kappa shape index (κ3) is 2.25. The number of halogens is 1. The van der Waals surface area contributed by atoms with Crippen LogP contribution in [-0.2, 0) is 0 Å². The Balaban J connectivity index is 2.04. The molecule has 2 aromatic rings. The molecule has 6 heteroatoms. The molecule has 1 aliphatic rings. The van der Waals surface area contributed by atoms with Crippen molar-refractivity contribution in [3.05, 3.63) is 24.2 Å². The summed E-state index contributed by atoms with van der Waals surface area (Å²) in [5.41, 5.74) is 1.64. The van der Waals surface area contributed by atoms with Gasteiger partial charge in [0.15, 0.2) is 12.1 Å². The number of fused-ring (bicyclic) bond motifs is 1. The van der Waals surface area contributed by atoms with Gasteiger partial charge in [0.05, 0.1) is 5.52 Å². The molecule has 1 saturated heterocycles. The molecule has 0 spiro atoms. The molecule has 0 bridgehead atoms. The Hall–Kier alpha value is -2.11. The summed E-state index contributed by atoms with van der Waals surface area (Å²) in [4.78, 5) is 25.5. The largest absolute Gasteiger partial charge is 0.354 e. The van der Waals surface area contributed by atoms with Gasteiger partial charge >= 0.3 is 0 Å². The Bertz CT molecular complexity index is 611. The fourth-order valence-electron chi connectivity index (χ4n) is 2.30. The lowest BCUT2D eigenvalue weighted by Crippen LogP contribution is -2.35. The molecule has 3 rings (SSSR count). The van der Waals surface area contributed by atoms with Crippen LogP contribution in [0.5, 0.6) is 0 Å². The van der Waals surface area contributed by atoms with Crippen molar-refractivity contribution in [3.8, 4) is 0 Å². The zero-order valence-electron chi connectivity index (χ0n) is 10.3. The van der Waals surface area contributed by atoms with Crippen molar-refractivity contribution >= 4 is 23.1 Å². The van der Waals surface area contributed by atoms with E-state index in [1.54, 1.807) is 12.1 Å². The van der Waals surface area contributed by atoms with Gasteiger partial charge in [-0.15, -0.1) is 0 Å². The Morgan fingerprint density at radius 3 is 2.79 bits per heavy atom. The highest BCUT2D eigenvalue weighted by atomic mass is 19.1. The van der Waals surface area contributed by atoms with E-state index in [0.717, 1.165) is 0 Å². The average Bonchev–Trinajstić information content (AvgIpc) is 2.47. The van der Waals surface area contributed by atoms with Gasteiger partial charge in [0, 0.05) is 13.1 Å². The van der Waals surface area contributed by atoms with E-state index in [0.29, 0.717) is 54.8 Å². The first-order valence-corrected chi connectivity index (χ1v) is 6.24. The molecular formula is C13H13FN4O. The number of rotatable bonds is 2. The van der Waals surface area contributed by atoms with Crippen molar-refractivity contribution in [2.45, 2.75) is 19.0 Å². The SMILES string of the molecule is O=Cc1ccc2ncnc(N3CCC(F)CC3)c2n1. The van der Waals surface area contributed by atoms with Crippen molar-refractivity contribution in [1.29, 1.82) is 0 Å². The van der Waals surface area contributed by atoms with Gasteiger partial charge in [-0.2, -0.15) is 0 Å². The van der Waals surface area contributed by atoms with Gasteiger partial charge in [-0.05, 0) is 25.0 Å². The minimum atomic E-state index is -0.733. The van der Waals surface area contributed by atoms with Crippen LogP contribution < -0.4 is 4.90 Å². The topological polar surface area (TPSA) is 59.0 Å². The minimum Gasteiger partial charge on any atom is -0.354 e. The van der Waals surface area contributed by atoms with E-state index in [9.17, 15) is 9.18 Å². The van der Waals surface area contributed by atoms with Crippen LogP contribution in [0.1, 0.15) is 23.3 Å². The summed E-state index contributed by atoms with van der Waals surface area (Å²) < 4.78 is 13.2. The highest BCUT2D eigenvalue weighted by Gasteiger charge is 2.21. The number of anilines is 1. The molecule has 19 heavy (non-hydrogen) atoms. The van der Waals surface area contributed by atoms with Gasteiger partial charge in [0.1, 0.15) is 23.7 Å². The molecular weight excluding hydrogens is 247 g/mol. The lowest BCUT2D eigenvalue weighted by Gasteiger charge is -2.29. The molecule has 5 nitrogen and oxygen atoms in total. The summed E-state index contributed by atoms with van der Waals surface area (Å²) in [5, 5.41) is 0. The predicted octanol–water partition coefficient (Wildman–Crippen LogP) is 1.78. The molecule has 0 radical (unpaired) electrons. The zero-order chi connectivity index (χ0) is 13.2. The average molecular weight is 260 g/mol. The minimum absolute atomic E-state index is 0.351. The Labute approximate surface area is 109 Å². The van der Waals surface area contributed by atoms with Crippen molar-refractivity contribution in [1.82, 2.24) is 15.0 Å². The number of hydrogen-bond acceptors (Lipinski definition) is 5. The van der Waals surface area contributed by atoms with Crippen molar-refractivity contribution in [2.75, 3.05) is 18.0 Å². The predicted molar refractivity (Wildman–Crippen MR) is 69.1 cm³/mol. The van der Waals surface area contributed by atoms with E-state index in [1.807, 2.05) is 4.90 Å². The number of nitrogens with zero attached hydrogens (tertiary/aromatic N) is 4. The van der Waals surface area contributed by atoms with Crippen LogP contribution in [0, 0.1) is 0 Å². The fraction of sp³-hybridized carbons (Fsp3) is 0.385. The van der Waals surface area contributed by atoms with Gasteiger partial charge in [-0.25, -0.2) is 19.3 Å². The summed E-state index contributed by atoms with van der Waals surface area (Å²) in [6.45, 7) is 1.22. The lowest BCUT2D eigenvalue weighted by atomic mass is 10.1. The van der Waals surface area contributed by atoms with Crippen LogP contribution in [0.25, 0.3) is 11.0 Å². The van der Waals surface area contributed by atoms with E-state index in [2.05, 4.69) is 15.0 Å². The van der Waals surface area contributed by atoms with Crippen molar-refractivity contribution in [3.63, 3.8) is 0 Å². The maximum Gasteiger partial charge on any atom is 0.168 e. The summed E-state index contributed by atoms with van der Waals surface area (Å²) in [5.74, 6) is 0.681. The van der Waals surface area contributed by atoms with Gasteiger partial charge in [0.25, 0.3) is 0 Å². The van der Waals surface area contributed by atoms with E-state index >= 15 is 0 Å². The first kappa shape index (κ1) is 12.0. The molecule has 0 N–H and O–H groups in total. The Morgan fingerprint density at radius 1 is 1.26 bits per heavy atom. The highest BCUT2D eigenvalue weighted by molar-refractivity contribution is 5.88. The molecule has 3 heterocycles.